The van der Waals surface area contributed by atoms with Gasteiger partial charge in [-0.05, 0) is 53.3 Å². The Morgan fingerprint density at radius 2 is 2.23 bits per heavy atom. The summed E-state index contributed by atoms with van der Waals surface area (Å²) < 4.78 is 7.39. The molecule has 1 aromatic carbocycles. The summed E-state index contributed by atoms with van der Waals surface area (Å²) in [5, 5.41) is 2.92. The summed E-state index contributed by atoms with van der Waals surface area (Å²) in [4.78, 5) is 16.5. The summed E-state index contributed by atoms with van der Waals surface area (Å²) in [6.07, 6.45) is 2.60. The van der Waals surface area contributed by atoms with Crippen LogP contribution in [0, 0.1) is 3.57 Å². The van der Waals surface area contributed by atoms with Crippen molar-refractivity contribution in [3.63, 3.8) is 0 Å². The molecular weight excluding hydrogens is 459 g/mol. The van der Waals surface area contributed by atoms with Crippen LogP contribution in [0.2, 0.25) is 0 Å². The Morgan fingerprint density at radius 3 is 3.00 bits per heavy atom. The van der Waals surface area contributed by atoms with E-state index in [0.717, 1.165) is 20.0 Å². The molecule has 116 valence electrons. The second-order valence-corrected chi connectivity index (χ2v) is 6.70. The molecule has 22 heavy (non-hydrogen) atoms. The van der Waals surface area contributed by atoms with Gasteiger partial charge < -0.3 is 10.1 Å². The van der Waals surface area contributed by atoms with Crippen molar-refractivity contribution in [2.75, 3.05) is 6.61 Å². The average Bonchev–Trinajstić information content (AvgIpc) is 2.53. The fourth-order valence-electron chi connectivity index (χ4n) is 1.83. The van der Waals surface area contributed by atoms with E-state index in [4.69, 9.17) is 4.74 Å². The van der Waals surface area contributed by atoms with E-state index in [-0.39, 0.29) is 5.91 Å². The number of amides is 1. The van der Waals surface area contributed by atoms with Crippen LogP contribution in [0.25, 0.3) is 0 Å². The molecule has 0 saturated heterocycles. The fraction of sp³-hybridized carbons (Fsp3) is 0.250. The van der Waals surface area contributed by atoms with E-state index in [9.17, 15) is 4.79 Å². The van der Waals surface area contributed by atoms with Gasteiger partial charge in [-0.25, -0.2) is 4.98 Å². The van der Waals surface area contributed by atoms with Crippen molar-refractivity contribution in [2.24, 2.45) is 0 Å². The maximum atomic E-state index is 12.3. The number of carbonyl (C=O) groups is 1. The molecule has 0 radical (unpaired) electrons. The van der Waals surface area contributed by atoms with E-state index in [1.807, 2.05) is 37.3 Å². The van der Waals surface area contributed by atoms with E-state index in [2.05, 4.69) is 48.8 Å². The van der Waals surface area contributed by atoms with Crippen LogP contribution in [-0.2, 0) is 6.54 Å². The predicted molar refractivity (Wildman–Crippen MR) is 98.1 cm³/mol. The zero-order valence-electron chi connectivity index (χ0n) is 12.1. The zero-order chi connectivity index (χ0) is 15.9. The van der Waals surface area contributed by atoms with Gasteiger partial charge in [0.2, 0.25) is 5.88 Å². The summed E-state index contributed by atoms with van der Waals surface area (Å²) in [6.45, 7) is 3.04. The third-order valence-electron chi connectivity index (χ3n) is 2.91. The SMILES string of the molecule is CCCOc1ncccc1CNC(=O)c1cc(Br)ccc1I. The molecule has 0 aliphatic rings. The number of nitrogens with one attached hydrogen (secondary N) is 1. The van der Waals surface area contributed by atoms with Crippen molar-refractivity contribution in [1.29, 1.82) is 0 Å². The van der Waals surface area contributed by atoms with Crippen LogP contribution < -0.4 is 10.1 Å². The van der Waals surface area contributed by atoms with Crippen molar-refractivity contribution in [3.8, 4) is 5.88 Å². The average molecular weight is 475 g/mol. The van der Waals surface area contributed by atoms with Gasteiger partial charge in [0.25, 0.3) is 5.91 Å². The van der Waals surface area contributed by atoms with Crippen molar-refractivity contribution in [1.82, 2.24) is 10.3 Å². The molecule has 1 heterocycles. The summed E-state index contributed by atoms with van der Waals surface area (Å²) in [6, 6.07) is 9.37. The first-order valence-corrected chi connectivity index (χ1v) is 8.79. The summed E-state index contributed by atoms with van der Waals surface area (Å²) in [7, 11) is 0. The van der Waals surface area contributed by atoms with Crippen LogP contribution in [0.5, 0.6) is 5.88 Å². The van der Waals surface area contributed by atoms with Crippen LogP contribution in [0.3, 0.4) is 0 Å². The Hall–Kier alpha value is -1.15. The maximum absolute atomic E-state index is 12.3. The standard InChI is InChI=1S/C16H16BrIN2O2/c1-2-8-22-16-11(4-3-7-19-16)10-20-15(21)13-9-12(17)5-6-14(13)18/h3-7,9H,2,8,10H2,1H3,(H,20,21). The maximum Gasteiger partial charge on any atom is 0.252 e. The first-order chi connectivity index (χ1) is 10.6. The summed E-state index contributed by atoms with van der Waals surface area (Å²) >= 11 is 5.54. The van der Waals surface area contributed by atoms with E-state index >= 15 is 0 Å². The molecule has 0 atom stereocenters. The number of hydrogen-bond donors (Lipinski definition) is 1. The number of carbonyl (C=O) groups excluding carboxylic acids is 1. The predicted octanol–water partition coefficient (Wildman–Crippen LogP) is 4.17. The zero-order valence-corrected chi connectivity index (χ0v) is 15.8. The number of aromatic nitrogens is 1. The molecule has 1 amide bonds. The van der Waals surface area contributed by atoms with Crippen LogP contribution in [0.1, 0.15) is 29.3 Å². The van der Waals surface area contributed by atoms with Gasteiger partial charge in [0.1, 0.15) is 0 Å². The highest BCUT2D eigenvalue weighted by molar-refractivity contribution is 14.1. The number of benzene rings is 1. The van der Waals surface area contributed by atoms with Gasteiger partial charge in [-0.1, -0.05) is 28.9 Å². The minimum atomic E-state index is -0.115. The van der Waals surface area contributed by atoms with Crippen molar-refractivity contribution in [3.05, 3.63) is 55.7 Å². The molecule has 0 aliphatic heterocycles. The van der Waals surface area contributed by atoms with Crippen molar-refractivity contribution >= 4 is 44.4 Å². The normalized spacial score (nSPS) is 10.3. The van der Waals surface area contributed by atoms with Crippen LogP contribution in [0.15, 0.2) is 41.0 Å². The molecular formula is C16H16BrIN2O2. The molecule has 2 rings (SSSR count). The molecule has 1 N–H and O–H groups in total. The molecule has 0 spiro atoms. The van der Waals surface area contributed by atoms with E-state index in [0.29, 0.717) is 24.6 Å². The molecule has 2 aromatic rings. The van der Waals surface area contributed by atoms with Gasteiger partial charge >= 0.3 is 0 Å². The Balaban J connectivity index is 2.06. The Morgan fingerprint density at radius 1 is 1.41 bits per heavy atom. The highest BCUT2D eigenvalue weighted by atomic mass is 127. The molecule has 4 nitrogen and oxygen atoms in total. The molecule has 0 aliphatic carbocycles. The third-order valence-corrected chi connectivity index (χ3v) is 4.34. The molecule has 0 fully saturated rings. The van der Waals surface area contributed by atoms with Gasteiger partial charge in [0.15, 0.2) is 0 Å². The van der Waals surface area contributed by atoms with Gasteiger partial charge in [-0.3, -0.25) is 4.79 Å². The lowest BCUT2D eigenvalue weighted by Gasteiger charge is -2.11. The monoisotopic (exact) mass is 474 g/mol. The summed E-state index contributed by atoms with van der Waals surface area (Å²) in [5.74, 6) is 0.463. The van der Waals surface area contributed by atoms with E-state index < -0.39 is 0 Å². The topological polar surface area (TPSA) is 51.2 Å². The molecule has 6 heteroatoms. The first kappa shape index (κ1) is 17.2. The highest BCUT2D eigenvalue weighted by Crippen LogP contribution is 2.19. The molecule has 0 unspecified atom stereocenters. The van der Waals surface area contributed by atoms with Gasteiger partial charge in [-0.2, -0.15) is 0 Å². The number of pyridine rings is 1. The van der Waals surface area contributed by atoms with Crippen molar-refractivity contribution in [2.45, 2.75) is 19.9 Å². The quantitative estimate of drug-likeness (QED) is 0.639. The minimum absolute atomic E-state index is 0.115. The van der Waals surface area contributed by atoms with Crippen LogP contribution >= 0.6 is 38.5 Å². The molecule has 0 bridgehead atoms. The number of hydrogen-bond acceptors (Lipinski definition) is 3. The number of nitrogens with zero attached hydrogens (tertiary/aromatic N) is 1. The van der Waals surface area contributed by atoms with Gasteiger partial charge in [0.05, 0.1) is 12.2 Å². The molecule has 0 saturated carbocycles. The Labute approximate surface area is 151 Å². The second-order valence-electron chi connectivity index (χ2n) is 4.62. The highest BCUT2D eigenvalue weighted by Gasteiger charge is 2.12. The minimum Gasteiger partial charge on any atom is -0.477 e. The van der Waals surface area contributed by atoms with Crippen molar-refractivity contribution < 1.29 is 9.53 Å². The second kappa shape index (κ2) is 8.47. The first-order valence-electron chi connectivity index (χ1n) is 6.91. The van der Waals surface area contributed by atoms with E-state index in [1.54, 1.807) is 6.20 Å². The number of halogens is 2. The lowest BCUT2D eigenvalue weighted by Crippen LogP contribution is -2.24. The third kappa shape index (κ3) is 4.67. The molecule has 1 aromatic heterocycles. The Bertz CT molecular complexity index is 664. The van der Waals surface area contributed by atoms with Crippen LogP contribution in [0.4, 0.5) is 0 Å². The smallest absolute Gasteiger partial charge is 0.252 e. The largest absolute Gasteiger partial charge is 0.477 e. The fourth-order valence-corrected chi connectivity index (χ4v) is 2.77. The lowest BCUT2D eigenvalue weighted by atomic mass is 10.2. The van der Waals surface area contributed by atoms with Crippen LogP contribution in [-0.4, -0.2) is 17.5 Å². The lowest BCUT2D eigenvalue weighted by molar-refractivity contribution is 0.0949. The summed E-state index contributed by atoms with van der Waals surface area (Å²) in [5.41, 5.74) is 1.52. The number of ether oxygens (including phenoxy) is 1. The Kier molecular flexibility index (Phi) is 6.63. The van der Waals surface area contributed by atoms with E-state index in [1.165, 1.54) is 0 Å². The number of rotatable bonds is 6. The van der Waals surface area contributed by atoms with Gasteiger partial charge in [0, 0.05) is 26.3 Å². The van der Waals surface area contributed by atoms with Gasteiger partial charge in [-0.15, -0.1) is 0 Å².